The molecule has 2 aliphatic rings. The second-order valence-electron chi connectivity index (χ2n) is 6.90. The molecule has 1 heterocycles. The molecular weight excluding hydrogens is 304 g/mol. The molecule has 1 saturated heterocycles. The third-order valence-electron chi connectivity index (χ3n) is 5.37. The second-order valence-corrected chi connectivity index (χ2v) is 7.54. The summed E-state index contributed by atoms with van der Waals surface area (Å²) >= 11 is 1.74. The predicted molar refractivity (Wildman–Crippen MR) is 98.8 cm³/mol. The lowest BCUT2D eigenvalue weighted by Crippen LogP contribution is -2.47. The van der Waals surface area contributed by atoms with Gasteiger partial charge in [0.15, 0.2) is 0 Å². The molecule has 2 fully saturated rings. The van der Waals surface area contributed by atoms with Gasteiger partial charge in [0.05, 0.1) is 12.7 Å². The molecule has 23 heavy (non-hydrogen) atoms. The third kappa shape index (κ3) is 4.96. The van der Waals surface area contributed by atoms with E-state index in [2.05, 4.69) is 46.6 Å². The highest BCUT2D eigenvalue weighted by molar-refractivity contribution is 7.96. The molecule has 2 atom stereocenters. The lowest BCUT2D eigenvalue weighted by molar-refractivity contribution is -0.00385. The standard InChI is InChI=1S/C19H30N2OS/c1-23-21-19-11-12-20-13-17(19)14-22-18-9-7-16(8-10-18)15-5-3-2-4-6-15/h2-6,16-21H,7-14H2,1H3/t16-,17-,18+,19?/m0/s1. The number of benzene rings is 1. The highest BCUT2D eigenvalue weighted by Gasteiger charge is 2.27. The van der Waals surface area contributed by atoms with Crippen LogP contribution in [-0.2, 0) is 4.74 Å². The van der Waals surface area contributed by atoms with Crippen molar-refractivity contribution in [3.05, 3.63) is 35.9 Å². The first-order chi connectivity index (χ1) is 11.4. The van der Waals surface area contributed by atoms with Crippen molar-refractivity contribution in [2.45, 2.75) is 50.2 Å². The Morgan fingerprint density at radius 1 is 1.13 bits per heavy atom. The maximum atomic E-state index is 6.29. The molecule has 1 saturated carbocycles. The first kappa shape index (κ1) is 17.3. The van der Waals surface area contributed by atoms with Gasteiger partial charge in [-0.1, -0.05) is 42.3 Å². The summed E-state index contributed by atoms with van der Waals surface area (Å²) < 4.78 is 9.84. The van der Waals surface area contributed by atoms with Crippen LogP contribution >= 0.6 is 11.9 Å². The minimum Gasteiger partial charge on any atom is -0.378 e. The summed E-state index contributed by atoms with van der Waals surface area (Å²) in [6.07, 6.45) is 8.74. The SMILES string of the molecule is CSNC1CCNC[C@H]1CO[C@H]1CC[C@@H](c2ccccc2)CC1. The highest BCUT2D eigenvalue weighted by Crippen LogP contribution is 2.34. The van der Waals surface area contributed by atoms with Gasteiger partial charge in [-0.2, -0.15) is 0 Å². The Morgan fingerprint density at radius 3 is 2.65 bits per heavy atom. The van der Waals surface area contributed by atoms with E-state index in [1.807, 2.05) is 0 Å². The molecule has 0 amide bonds. The van der Waals surface area contributed by atoms with Crippen molar-refractivity contribution in [2.75, 3.05) is 26.0 Å². The van der Waals surface area contributed by atoms with E-state index in [0.29, 0.717) is 18.1 Å². The summed E-state index contributed by atoms with van der Waals surface area (Å²) in [5.41, 5.74) is 1.51. The van der Waals surface area contributed by atoms with Crippen LogP contribution in [-0.4, -0.2) is 38.1 Å². The molecule has 0 aromatic heterocycles. The molecule has 0 spiro atoms. The largest absolute Gasteiger partial charge is 0.378 e. The summed E-state index contributed by atoms with van der Waals surface area (Å²) in [5.74, 6) is 1.33. The van der Waals surface area contributed by atoms with Gasteiger partial charge in [-0.15, -0.1) is 0 Å². The van der Waals surface area contributed by atoms with Crippen LogP contribution in [0.4, 0.5) is 0 Å². The maximum absolute atomic E-state index is 6.29. The Bertz CT molecular complexity index is 446. The smallest absolute Gasteiger partial charge is 0.0575 e. The summed E-state index contributed by atoms with van der Waals surface area (Å²) in [4.78, 5) is 0. The molecule has 3 rings (SSSR count). The van der Waals surface area contributed by atoms with Crippen molar-refractivity contribution in [2.24, 2.45) is 5.92 Å². The number of nitrogens with one attached hydrogen (secondary N) is 2. The van der Waals surface area contributed by atoms with Crippen LogP contribution in [0.15, 0.2) is 30.3 Å². The van der Waals surface area contributed by atoms with E-state index in [1.54, 1.807) is 11.9 Å². The highest BCUT2D eigenvalue weighted by atomic mass is 32.2. The zero-order valence-corrected chi connectivity index (χ0v) is 15.0. The van der Waals surface area contributed by atoms with Crippen molar-refractivity contribution in [3.63, 3.8) is 0 Å². The van der Waals surface area contributed by atoms with Crippen LogP contribution in [0.1, 0.15) is 43.6 Å². The molecule has 128 valence electrons. The van der Waals surface area contributed by atoms with Gasteiger partial charge in [-0.05, 0) is 56.4 Å². The van der Waals surface area contributed by atoms with Crippen LogP contribution in [0.3, 0.4) is 0 Å². The topological polar surface area (TPSA) is 33.3 Å². The zero-order valence-electron chi connectivity index (χ0n) is 14.2. The molecule has 2 N–H and O–H groups in total. The molecule has 0 radical (unpaired) electrons. The number of piperidine rings is 1. The van der Waals surface area contributed by atoms with E-state index in [1.165, 1.54) is 37.7 Å². The fraction of sp³-hybridized carbons (Fsp3) is 0.684. The molecule has 0 bridgehead atoms. The van der Waals surface area contributed by atoms with E-state index < -0.39 is 0 Å². The predicted octanol–water partition coefficient (Wildman–Crippen LogP) is 3.58. The van der Waals surface area contributed by atoms with Crippen LogP contribution in [0, 0.1) is 5.92 Å². The molecule has 1 unspecified atom stereocenters. The Labute approximate surface area is 145 Å². The molecular formula is C19H30N2OS. The van der Waals surface area contributed by atoms with Crippen LogP contribution in [0.2, 0.25) is 0 Å². The number of rotatable bonds is 6. The van der Waals surface area contributed by atoms with E-state index in [0.717, 1.165) is 25.6 Å². The monoisotopic (exact) mass is 334 g/mol. The van der Waals surface area contributed by atoms with Gasteiger partial charge >= 0.3 is 0 Å². The third-order valence-corrected chi connectivity index (χ3v) is 5.91. The average Bonchev–Trinajstić information content (AvgIpc) is 2.62. The van der Waals surface area contributed by atoms with Gasteiger partial charge in [0.1, 0.15) is 0 Å². The summed E-state index contributed by atoms with van der Waals surface area (Å²) in [5, 5.41) is 3.51. The number of ether oxygens (including phenoxy) is 1. The average molecular weight is 335 g/mol. The molecule has 1 aromatic carbocycles. The Morgan fingerprint density at radius 2 is 1.91 bits per heavy atom. The lowest BCUT2D eigenvalue weighted by Gasteiger charge is -2.34. The number of hydrogen-bond acceptors (Lipinski definition) is 4. The summed E-state index contributed by atoms with van der Waals surface area (Å²) in [6.45, 7) is 3.10. The van der Waals surface area contributed by atoms with Crippen molar-refractivity contribution < 1.29 is 4.74 Å². The molecule has 3 nitrogen and oxygen atoms in total. The van der Waals surface area contributed by atoms with Crippen molar-refractivity contribution in [3.8, 4) is 0 Å². The lowest BCUT2D eigenvalue weighted by atomic mass is 9.82. The zero-order chi connectivity index (χ0) is 15.9. The fourth-order valence-electron chi connectivity index (χ4n) is 3.95. The first-order valence-electron chi connectivity index (χ1n) is 9.02. The maximum Gasteiger partial charge on any atom is 0.0575 e. The van der Waals surface area contributed by atoms with Gasteiger partial charge in [-0.25, -0.2) is 0 Å². The van der Waals surface area contributed by atoms with Gasteiger partial charge < -0.3 is 10.1 Å². The van der Waals surface area contributed by atoms with Gasteiger partial charge in [0.2, 0.25) is 0 Å². The normalized spacial score (nSPS) is 31.9. The second kappa shape index (κ2) is 9.07. The van der Waals surface area contributed by atoms with Gasteiger partial charge in [-0.3, -0.25) is 4.72 Å². The molecule has 1 aliphatic carbocycles. The summed E-state index contributed by atoms with van der Waals surface area (Å²) in [7, 11) is 0. The Balaban J connectivity index is 1.42. The minimum absolute atomic E-state index is 0.465. The molecule has 1 aromatic rings. The van der Waals surface area contributed by atoms with Crippen LogP contribution in [0.25, 0.3) is 0 Å². The van der Waals surface area contributed by atoms with Crippen molar-refractivity contribution >= 4 is 11.9 Å². The Kier molecular flexibility index (Phi) is 6.81. The summed E-state index contributed by atoms with van der Waals surface area (Å²) in [6, 6.07) is 11.6. The van der Waals surface area contributed by atoms with Gasteiger partial charge in [0.25, 0.3) is 0 Å². The fourth-order valence-corrected chi connectivity index (χ4v) is 4.57. The van der Waals surface area contributed by atoms with Crippen molar-refractivity contribution in [1.82, 2.24) is 10.0 Å². The Hall–Kier alpha value is -0.550. The van der Waals surface area contributed by atoms with Crippen molar-refractivity contribution in [1.29, 1.82) is 0 Å². The molecule has 1 aliphatic heterocycles. The van der Waals surface area contributed by atoms with E-state index >= 15 is 0 Å². The van der Waals surface area contributed by atoms with Crippen LogP contribution < -0.4 is 10.0 Å². The van der Waals surface area contributed by atoms with E-state index in [4.69, 9.17) is 4.74 Å². The van der Waals surface area contributed by atoms with Crippen LogP contribution in [0.5, 0.6) is 0 Å². The van der Waals surface area contributed by atoms with E-state index in [9.17, 15) is 0 Å². The number of hydrogen-bond donors (Lipinski definition) is 2. The molecule has 4 heteroatoms. The van der Waals surface area contributed by atoms with Gasteiger partial charge in [0, 0.05) is 18.5 Å². The minimum atomic E-state index is 0.465. The van der Waals surface area contributed by atoms with E-state index in [-0.39, 0.29) is 0 Å². The first-order valence-corrected chi connectivity index (χ1v) is 10.2. The quantitative estimate of drug-likeness (QED) is 0.779.